The first-order chi connectivity index (χ1) is 10.4. The van der Waals surface area contributed by atoms with Crippen LogP contribution in [0.4, 0.5) is 0 Å². The van der Waals surface area contributed by atoms with Crippen LogP contribution in [-0.4, -0.2) is 19.6 Å². The first-order valence-corrected chi connectivity index (χ1v) is 8.34. The molecule has 0 saturated heterocycles. The summed E-state index contributed by atoms with van der Waals surface area (Å²) in [6.45, 7) is 1.53. The number of hydrogen-bond acceptors (Lipinski definition) is 5. The summed E-state index contributed by atoms with van der Waals surface area (Å²) in [5.41, 5.74) is 3.34. The van der Waals surface area contributed by atoms with Crippen molar-refractivity contribution in [1.82, 2.24) is 24.9 Å². The van der Waals surface area contributed by atoms with Crippen LogP contribution in [0.5, 0.6) is 0 Å². The molecule has 21 heavy (non-hydrogen) atoms. The summed E-state index contributed by atoms with van der Waals surface area (Å²) in [5, 5.41) is 14.8. The summed E-state index contributed by atoms with van der Waals surface area (Å²) >= 11 is 3.37. The maximum atomic E-state index is 4.56. The highest BCUT2D eigenvalue weighted by molar-refractivity contribution is 7.15. The summed E-state index contributed by atoms with van der Waals surface area (Å²) in [6.07, 6.45) is 5.98. The highest BCUT2D eigenvalue weighted by atomic mass is 32.1. The van der Waals surface area contributed by atoms with Gasteiger partial charge in [0.05, 0.1) is 22.5 Å². The molecule has 0 amide bonds. The first-order valence-electron chi connectivity index (χ1n) is 6.58. The van der Waals surface area contributed by atoms with Crippen LogP contribution >= 0.6 is 22.7 Å². The van der Waals surface area contributed by atoms with Crippen LogP contribution < -0.4 is 5.32 Å². The van der Waals surface area contributed by atoms with Gasteiger partial charge < -0.3 is 5.32 Å². The minimum atomic E-state index is 0.753. The molecule has 4 heterocycles. The Morgan fingerprint density at radius 2 is 2.24 bits per heavy atom. The molecule has 5 nitrogen and oxygen atoms in total. The van der Waals surface area contributed by atoms with Crippen LogP contribution in [-0.2, 0) is 13.1 Å². The van der Waals surface area contributed by atoms with Crippen molar-refractivity contribution in [2.45, 2.75) is 13.1 Å². The van der Waals surface area contributed by atoms with Crippen LogP contribution in [0.15, 0.2) is 41.5 Å². The zero-order chi connectivity index (χ0) is 14.1. The molecule has 0 unspecified atom stereocenters. The average molecular weight is 315 g/mol. The minimum absolute atomic E-state index is 0.753. The second-order valence-electron chi connectivity index (χ2n) is 4.68. The fourth-order valence-electron chi connectivity index (χ4n) is 2.27. The fourth-order valence-corrected chi connectivity index (χ4v) is 3.74. The van der Waals surface area contributed by atoms with Gasteiger partial charge in [-0.25, -0.2) is 4.98 Å². The quantitative estimate of drug-likeness (QED) is 0.595. The molecule has 0 aliphatic heterocycles. The van der Waals surface area contributed by atoms with Crippen molar-refractivity contribution in [3.63, 3.8) is 0 Å². The Balaban J connectivity index is 1.43. The van der Waals surface area contributed by atoms with Crippen LogP contribution in [0.1, 0.15) is 11.3 Å². The molecule has 0 aliphatic rings. The van der Waals surface area contributed by atoms with E-state index in [9.17, 15) is 0 Å². The van der Waals surface area contributed by atoms with Gasteiger partial charge in [-0.15, -0.1) is 22.7 Å². The van der Waals surface area contributed by atoms with Crippen LogP contribution in [0.25, 0.3) is 15.5 Å². The van der Waals surface area contributed by atoms with E-state index in [0.717, 1.165) is 29.4 Å². The van der Waals surface area contributed by atoms with E-state index in [1.54, 1.807) is 22.7 Å². The van der Waals surface area contributed by atoms with Crippen molar-refractivity contribution in [3.05, 3.63) is 52.7 Å². The van der Waals surface area contributed by atoms with E-state index in [2.05, 4.69) is 48.6 Å². The third-order valence-electron chi connectivity index (χ3n) is 3.25. The molecule has 7 heteroatoms. The van der Waals surface area contributed by atoms with Gasteiger partial charge in [-0.2, -0.15) is 5.10 Å². The second kappa shape index (κ2) is 5.44. The van der Waals surface area contributed by atoms with Gasteiger partial charge in [0.25, 0.3) is 0 Å². The lowest BCUT2D eigenvalue weighted by atomic mass is 10.2. The van der Waals surface area contributed by atoms with Crippen molar-refractivity contribution < 1.29 is 0 Å². The number of thiazole rings is 1. The molecule has 0 saturated carbocycles. The monoisotopic (exact) mass is 315 g/mol. The predicted molar refractivity (Wildman–Crippen MR) is 85.5 cm³/mol. The summed E-state index contributed by atoms with van der Waals surface area (Å²) in [5.74, 6) is 0. The topological polar surface area (TPSA) is 58.0 Å². The standard InChI is InChI=1S/C14H13N5S2/c1-2-12(20-4-1)13-10(7-16-18-13)6-15-8-11-9-19-3-5-21-14(19)17-11/h1-5,7,9,15H,6,8H2,(H,16,18). The molecule has 0 aliphatic carbocycles. The first kappa shape index (κ1) is 12.8. The molecule has 106 valence electrons. The van der Waals surface area contributed by atoms with Crippen molar-refractivity contribution in [3.8, 4) is 10.6 Å². The summed E-state index contributed by atoms with van der Waals surface area (Å²) in [6, 6.07) is 4.15. The van der Waals surface area contributed by atoms with Crippen molar-refractivity contribution >= 4 is 27.6 Å². The number of hydrogen-bond donors (Lipinski definition) is 2. The lowest BCUT2D eigenvalue weighted by Crippen LogP contribution is -2.13. The van der Waals surface area contributed by atoms with E-state index < -0.39 is 0 Å². The van der Waals surface area contributed by atoms with Crippen molar-refractivity contribution in [2.75, 3.05) is 0 Å². The Morgan fingerprint density at radius 3 is 3.10 bits per heavy atom. The third-order valence-corrected chi connectivity index (χ3v) is 4.91. The Labute approximate surface area is 129 Å². The van der Waals surface area contributed by atoms with Gasteiger partial charge in [-0.1, -0.05) is 6.07 Å². The normalized spacial score (nSPS) is 11.4. The molecule has 0 radical (unpaired) electrons. The molecule has 4 aromatic heterocycles. The average Bonchev–Trinajstić information content (AvgIpc) is 3.23. The van der Waals surface area contributed by atoms with Crippen LogP contribution in [0, 0.1) is 0 Å². The molecule has 0 atom stereocenters. The SMILES string of the molecule is c1csc(-c2[nH]ncc2CNCc2cn3ccsc3n2)c1. The van der Waals surface area contributed by atoms with Crippen LogP contribution in [0.3, 0.4) is 0 Å². The van der Waals surface area contributed by atoms with E-state index in [0.29, 0.717) is 0 Å². The molecule has 4 aromatic rings. The lowest BCUT2D eigenvalue weighted by molar-refractivity contribution is 0.684. The number of aromatic amines is 1. The smallest absolute Gasteiger partial charge is 0.193 e. The molecule has 0 spiro atoms. The molecule has 0 bridgehead atoms. The van der Waals surface area contributed by atoms with E-state index in [-0.39, 0.29) is 0 Å². The molecule has 4 rings (SSSR count). The van der Waals surface area contributed by atoms with Gasteiger partial charge in [0.15, 0.2) is 4.96 Å². The van der Waals surface area contributed by atoms with E-state index in [1.807, 2.05) is 17.8 Å². The molecule has 0 fully saturated rings. The number of aromatic nitrogens is 4. The van der Waals surface area contributed by atoms with Gasteiger partial charge in [0, 0.05) is 36.4 Å². The Bertz CT molecular complexity index is 811. The second-order valence-corrected chi connectivity index (χ2v) is 6.50. The lowest BCUT2D eigenvalue weighted by Gasteiger charge is -2.02. The van der Waals surface area contributed by atoms with Gasteiger partial charge in [0.1, 0.15) is 0 Å². The molecular formula is C14H13N5S2. The zero-order valence-electron chi connectivity index (χ0n) is 11.1. The maximum absolute atomic E-state index is 4.56. The highest BCUT2D eigenvalue weighted by Crippen LogP contribution is 2.25. The maximum Gasteiger partial charge on any atom is 0.193 e. The minimum Gasteiger partial charge on any atom is -0.307 e. The number of nitrogens with zero attached hydrogens (tertiary/aromatic N) is 3. The summed E-state index contributed by atoms with van der Waals surface area (Å²) in [4.78, 5) is 6.81. The fraction of sp³-hybridized carbons (Fsp3) is 0.143. The van der Waals surface area contributed by atoms with Gasteiger partial charge >= 0.3 is 0 Å². The van der Waals surface area contributed by atoms with Gasteiger partial charge in [-0.3, -0.25) is 9.50 Å². The van der Waals surface area contributed by atoms with Gasteiger partial charge in [0.2, 0.25) is 0 Å². The number of imidazole rings is 1. The largest absolute Gasteiger partial charge is 0.307 e. The summed E-state index contributed by atoms with van der Waals surface area (Å²) in [7, 11) is 0. The Kier molecular flexibility index (Phi) is 3.30. The van der Waals surface area contributed by atoms with E-state index >= 15 is 0 Å². The number of rotatable bonds is 5. The third kappa shape index (κ3) is 2.51. The Morgan fingerprint density at radius 1 is 1.24 bits per heavy atom. The van der Waals surface area contributed by atoms with E-state index in [4.69, 9.17) is 0 Å². The van der Waals surface area contributed by atoms with Gasteiger partial charge in [-0.05, 0) is 11.4 Å². The number of nitrogens with one attached hydrogen (secondary N) is 2. The molecular weight excluding hydrogens is 302 g/mol. The zero-order valence-corrected chi connectivity index (χ0v) is 12.7. The predicted octanol–water partition coefficient (Wildman–Crippen LogP) is 3.14. The molecule has 2 N–H and O–H groups in total. The van der Waals surface area contributed by atoms with Crippen molar-refractivity contribution in [1.29, 1.82) is 0 Å². The molecule has 0 aromatic carbocycles. The number of H-pyrrole nitrogens is 1. The number of fused-ring (bicyclic) bond motifs is 1. The number of thiophene rings is 1. The highest BCUT2D eigenvalue weighted by Gasteiger charge is 2.08. The summed E-state index contributed by atoms with van der Waals surface area (Å²) < 4.78 is 2.05. The van der Waals surface area contributed by atoms with Crippen LogP contribution in [0.2, 0.25) is 0 Å². The Hall–Kier alpha value is -1.96. The van der Waals surface area contributed by atoms with Crippen molar-refractivity contribution in [2.24, 2.45) is 0 Å². The van der Waals surface area contributed by atoms with E-state index in [1.165, 1.54) is 10.4 Å².